The number of rotatable bonds is 6. The van der Waals surface area contributed by atoms with Crippen LogP contribution in [0.25, 0.3) is 0 Å². The van der Waals surface area contributed by atoms with Crippen molar-refractivity contribution >= 4 is 0 Å². The van der Waals surface area contributed by atoms with Gasteiger partial charge in [-0.05, 0) is 46.1 Å². The van der Waals surface area contributed by atoms with E-state index in [-0.39, 0.29) is 6.04 Å². The molecule has 2 N–H and O–H groups in total. The van der Waals surface area contributed by atoms with Gasteiger partial charge >= 0.3 is 0 Å². The first-order valence-electron chi connectivity index (χ1n) is 7.93. The molecular formula is C17H29N3O2. The maximum Gasteiger partial charge on any atom is 0.165 e. The van der Waals surface area contributed by atoms with Crippen LogP contribution in [-0.2, 0) is 0 Å². The van der Waals surface area contributed by atoms with Crippen molar-refractivity contribution in [2.24, 2.45) is 5.73 Å². The first-order chi connectivity index (χ1) is 10.6. The highest BCUT2D eigenvalue weighted by atomic mass is 16.5. The number of para-hydroxylation sites is 1. The minimum absolute atomic E-state index is 0.137. The Morgan fingerprint density at radius 2 is 1.95 bits per heavy atom. The molecule has 0 spiro atoms. The fraction of sp³-hybridized carbons (Fsp3) is 0.647. The molecule has 1 aromatic carbocycles. The minimum Gasteiger partial charge on any atom is -0.493 e. The Balaban J connectivity index is 2.24. The van der Waals surface area contributed by atoms with Gasteiger partial charge in [0.25, 0.3) is 0 Å². The zero-order chi connectivity index (χ0) is 16.1. The lowest BCUT2D eigenvalue weighted by Gasteiger charge is -2.39. The largest absolute Gasteiger partial charge is 0.493 e. The summed E-state index contributed by atoms with van der Waals surface area (Å²) in [6.45, 7) is 2.84. The topological polar surface area (TPSA) is 51.0 Å². The highest BCUT2D eigenvalue weighted by Crippen LogP contribution is 2.37. The number of likely N-dealkylation sites (N-methyl/N-ethyl adjacent to an activating group) is 1. The Kier molecular flexibility index (Phi) is 6.06. The Hall–Kier alpha value is -1.30. The number of ether oxygens (including phenoxy) is 2. The molecule has 1 aliphatic heterocycles. The molecule has 0 bridgehead atoms. The average Bonchev–Trinajstić information content (AvgIpc) is 2.55. The van der Waals surface area contributed by atoms with E-state index in [1.807, 2.05) is 12.1 Å². The number of hydrogen-bond acceptors (Lipinski definition) is 5. The molecule has 2 rings (SSSR count). The number of benzene rings is 1. The summed E-state index contributed by atoms with van der Waals surface area (Å²) >= 11 is 0. The van der Waals surface area contributed by atoms with Gasteiger partial charge in [0, 0.05) is 18.2 Å². The van der Waals surface area contributed by atoms with Crippen molar-refractivity contribution in [3.05, 3.63) is 23.8 Å². The van der Waals surface area contributed by atoms with Crippen LogP contribution in [0.4, 0.5) is 0 Å². The number of hydrogen-bond donors (Lipinski definition) is 1. The van der Waals surface area contributed by atoms with E-state index in [1.165, 1.54) is 12.8 Å². The minimum atomic E-state index is 0.137. The van der Waals surface area contributed by atoms with Crippen LogP contribution in [0.2, 0.25) is 0 Å². The van der Waals surface area contributed by atoms with Crippen molar-refractivity contribution in [2.45, 2.75) is 24.9 Å². The van der Waals surface area contributed by atoms with E-state index in [9.17, 15) is 0 Å². The van der Waals surface area contributed by atoms with Crippen LogP contribution >= 0.6 is 0 Å². The molecular weight excluding hydrogens is 278 g/mol. The van der Waals surface area contributed by atoms with Gasteiger partial charge in [-0.1, -0.05) is 12.1 Å². The summed E-state index contributed by atoms with van der Waals surface area (Å²) in [5.41, 5.74) is 7.21. The van der Waals surface area contributed by atoms with E-state index in [2.05, 4.69) is 30.0 Å². The van der Waals surface area contributed by atoms with Crippen LogP contribution in [0.15, 0.2) is 18.2 Å². The van der Waals surface area contributed by atoms with Crippen molar-refractivity contribution in [2.75, 3.05) is 47.9 Å². The molecule has 1 unspecified atom stereocenters. The SMILES string of the molecule is COc1cccc(C(CN)N(C)C2CCN(C)CC2)c1OC. The maximum atomic E-state index is 6.11. The van der Waals surface area contributed by atoms with Gasteiger partial charge in [-0.15, -0.1) is 0 Å². The molecule has 0 radical (unpaired) electrons. The molecule has 22 heavy (non-hydrogen) atoms. The molecule has 1 aliphatic rings. The van der Waals surface area contributed by atoms with E-state index >= 15 is 0 Å². The second kappa shape index (κ2) is 7.81. The van der Waals surface area contributed by atoms with Crippen LogP contribution < -0.4 is 15.2 Å². The smallest absolute Gasteiger partial charge is 0.165 e. The Bertz CT molecular complexity index is 473. The maximum absolute atomic E-state index is 6.11. The fourth-order valence-electron chi connectivity index (χ4n) is 3.34. The molecule has 124 valence electrons. The molecule has 1 saturated heterocycles. The fourth-order valence-corrected chi connectivity index (χ4v) is 3.34. The molecule has 1 heterocycles. The van der Waals surface area contributed by atoms with Crippen molar-refractivity contribution in [1.29, 1.82) is 0 Å². The summed E-state index contributed by atoms with van der Waals surface area (Å²) < 4.78 is 11.0. The first kappa shape index (κ1) is 17.1. The van der Waals surface area contributed by atoms with E-state index in [0.29, 0.717) is 12.6 Å². The number of nitrogens with two attached hydrogens (primary N) is 1. The van der Waals surface area contributed by atoms with Crippen LogP contribution in [0.3, 0.4) is 0 Å². The second-order valence-electron chi connectivity index (χ2n) is 6.03. The van der Waals surface area contributed by atoms with E-state index in [4.69, 9.17) is 15.2 Å². The summed E-state index contributed by atoms with van der Waals surface area (Å²) in [6, 6.07) is 6.71. The second-order valence-corrected chi connectivity index (χ2v) is 6.03. The van der Waals surface area contributed by atoms with Gasteiger partial charge < -0.3 is 20.1 Å². The van der Waals surface area contributed by atoms with E-state index in [1.54, 1.807) is 14.2 Å². The molecule has 5 nitrogen and oxygen atoms in total. The van der Waals surface area contributed by atoms with Gasteiger partial charge in [0.2, 0.25) is 0 Å². The van der Waals surface area contributed by atoms with Crippen LogP contribution in [-0.4, -0.2) is 63.8 Å². The summed E-state index contributed by atoms with van der Waals surface area (Å²) in [5.74, 6) is 1.55. The Morgan fingerprint density at radius 3 is 2.50 bits per heavy atom. The van der Waals surface area contributed by atoms with E-state index < -0.39 is 0 Å². The van der Waals surface area contributed by atoms with Crippen LogP contribution in [0.1, 0.15) is 24.4 Å². The van der Waals surface area contributed by atoms with Crippen LogP contribution in [0.5, 0.6) is 11.5 Å². The van der Waals surface area contributed by atoms with Gasteiger partial charge in [-0.2, -0.15) is 0 Å². The zero-order valence-electron chi connectivity index (χ0n) is 14.2. The molecule has 1 aromatic rings. The molecule has 1 fully saturated rings. The van der Waals surface area contributed by atoms with E-state index in [0.717, 1.165) is 30.2 Å². The predicted octanol–water partition coefficient (Wildman–Crippen LogP) is 1.73. The zero-order valence-corrected chi connectivity index (χ0v) is 14.2. The van der Waals surface area contributed by atoms with Gasteiger partial charge in [-0.3, -0.25) is 4.90 Å². The summed E-state index contributed by atoms with van der Waals surface area (Å²) in [6.07, 6.45) is 2.35. The third-order valence-corrected chi connectivity index (χ3v) is 4.77. The molecule has 0 amide bonds. The van der Waals surface area contributed by atoms with Crippen molar-refractivity contribution in [3.63, 3.8) is 0 Å². The van der Waals surface area contributed by atoms with Gasteiger partial charge in [0.1, 0.15) is 0 Å². The van der Waals surface area contributed by atoms with Crippen molar-refractivity contribution in [3.8, 4) is 11.5 Å². The monoisotopic (exact) mass is 307 g/mol. The lowest BCUT2D eigenvalue weighted by Crippen LogP contribution is -2.45. The molecule has 1 atom stereocenters. The lowest BCUT2D eigenvalue weighted by atomic mass is 9.98. The summed E-state index contributed by atoms with van der Waals surface area (Å²) in [5, 5.41) is 0. The first-order valence-corrected chi connectivity index (χ1v) is 7.93. The number of piperidine rings is 1. The highest BCUT2D eigenvalue weighted by molar-refractivity contribution is 5.48. The average molecular weight is 307 g/mol. The van der Waals surface area contributed by atoms with Crippen molar-refractivity contribution < 1.29 is 9.47 Å². The van der Waals surface area contributed by atoms with Gasteiger partial charge in [0.15, 0.2) is 11.5 Å². The van der Waals surface area contributed by atoms with Gasteiger partial charge in [-0.25, -0.2) is 0 Å². The lowest BCUT2D eigenvalue weighted by molar-refractivity contribution is 0.108. The number of likely N-dealkylation sites (tertiary alicyclic amines) is 1. The molecule has 0 aromatic heterocycles. The Morgan fingerprint density at radius 1 is 1.27 bits per heavy atom. The number of nitrogens with zero attached hydrogens (tertiary/aromatic N) is 2. The third kappa shape index (κ3) is 3.54. The predicted molar refractivity (Wildman–Crippen MR) is 89.6 cm³/mol. The molecule has 0 saturated carbocycles. The van der Waals surface area contributed by atoms with Crippen LogP contribution in [0, 0.1) is 0 Å². The van der Waals surface area contributed by atoms with Crippen molar-refractivity contribution in [1.82, 2.24) is 9.80 Å². The standard InChI is InChI=1S/C17H29N3O2/c1-19-10-8-13(9-11-19)20(2)15(12-18)14-6-5-7-16(21-3)17(14)22-4/h5-7,13,15H,8-12,18H2,1-4H3. The quantitative estimate of drug-likeness (QED) is 0.867. The molecule has 0 aliphatic carbocycles. The van der Waals surface area contributed by atoms with Gasteiger partial charge in [0.05, 0.1) is 20.3 Å². The molecule has 5 heteroatoms. The highest BCUT2D eigenvalue weighted by Gasteiger charge is 2.28. The summed E-state index contributed by atoms with van der Waals surface area (Å²) in [4.78, 5) is 4.79. The third-order valence-electron chi connectivity index (χ3n) is 4.77. The Labute approximate surface area is 134 Å². The number of methoxy groups -OCH3 is 2. The normalized spacial score (nSPS) is 18.5. The summed E-state index contributed by atoms with van der Waals surface area (Å²) in [7, 11) is 7.71.